The van der Waals surface area contributed by atoms with Crippen molar-refractivity contribution in [2.75, 3.05) is 29.9 Å². The zero-order valence-corrected chi connectivity index (χ0v) is 12.6. The summed E-state index contributed by atoms with van der Waals surface area (Å²) >= 11 is 0. The predicted octanol–water partition coefficient (Wildman–Crippen LogP) is 0.757. The van der Waals surface area contributed by atoms with Gasteiger partial charge in [-0.3, -0.25) is 4.79 Å². The lowest BCUT2D eigenvalue weighted by atomic mass is 10.3. The third-order valence-electron chi connectivity index (χ3n) is 2.93. The van der Waals surface area contributed by atoms with Crippen LogP contribution in [-0.4, -0.2) is 42.6 Å². The summed E-state index contributed by atoms with van der Waals surface area (Å²) in [5.41, 5.74) is 5.98. The van der Waals surface area contributed by atoms with Crippen molar-refractivity contribution in [3.63, 3.8) is 0 Å². The lowest BCUT2D eigenvalue weighted by Gasteiger charge is -2.19. The van der Waals surface area contributed by atoms with Crippen LogP contribution in [0.1, 0.15) is 20.8 Å². The van der Waals surface area contributed by atoms with Crippen molar-refractivity contribution in [3.05, 3.63) is 18.3 Å². The van der Waals surface area contributed by atoms with Gasteiger partial charge in [-0.15, -0.1) is 0 Å². The van der Waals surface area contributed by atoms with E-state index in [1.54, 1.807) is 19.1 Å². The number of carbonyl (C=O) groups is 2. The average Bonchev–Trinajstić information content (AvgIpc) is 2.49. The molecule has 1 unspecified atom stereocenters. The van der Waals surface area contributed by atoms with Crippen LogP contribution in [0.5, 0.6) is 0 Å². The molecule has 116 valence electrons. The molecule has 0 saturated carbocycles. The Bertz CT molecular complexity index is 472. The maximum Gasteiger partial charge on any atom is 0.332 e. The lowest BCUT2D eigenvalue weighted by Crippen LogP contribution is -2.43. The number of nitrogens with zero attached hydrogens (tertiary/aromatic N) is 2. The number of rotatable bonds is 7. The van der Waals surface area contributed by atoms with Crippen LogP contribution < -0.4 is 16.0 Å². The monoisotopic (exact) mass is 294 g/mol. The molecule has 0 aliphatic carbocycles. The largest absolute Gasteiger partial charge is 0.464 e. The van der Waals surface area contributed by atoms with Gasteiger partial charge in [-0.05, 0) is 32.9 Å². The second kappa shape index (κ2) is 8.21. The van der Waals surface area contributed by atoms with E-state index in [1.165, 1.54) is 6.20 Å². The first kappa shape index (κ1) is 16.9. The number of amides is 1. The van der Waals surface area contributed by atoms with Crippen molar-refractivity contribution >= 4 is 23.4 Å². The molecule has 0 aromatic carbocycles. The SMILES string of the molecule is CCOC(=O)C(N)C(=O)Nc1ccc(N(CC)CC)nc1. The van der Waals surface area contributed by atoms with Crippen LogP contribution in [-0.2, 0) is 14.3 Å². The van der Waals surface area contributed by atoms with Crippen molar-refractivity contribution in [2.24, 2.45) is 5.73 Å². The third kappa shape index (κ3) is 4.71. The summed E-state index contributed by atoms with van der Waals surface area (Å²) in [6, 6.07) is 2.18. The number of nitrogens with one attached hydrogen (secondary N) is 1. The number of hydrogen-bond acceptors (Lipinski definition) is 6. The molecule has 0 aliphatic rings. The Morgan fingerprint density at radius 1 is 1.33 bits per heavy atom. The molecule has 21 heavy (non-hydrogen) atoms. The molecule has 7 heteroatoms. The van der Waals surface area contributed by atoms with Crippen LogP contribution in [0, 0.1) is 0 Å². The van der Waals surface area contributed by atoms with Gasteiger partial charge in [-0.25, -0.2) is 9.78 Å². The maximum absolute atomic E-state index is 11.8. The molecule has 0 fully saturated rings. The Kier molecular flexibility index (Phi) is 6.61. The molecular formula is C14H22N4O3. The summed E-state index contributed by atoms with van der Waals surface area (Å²) in [5.74, 6) is -0.541. The molecule has 1 atom stereocenters. The van der Waals surface area contributed by atoms with Crippen LogP contribution in [0.4, 0.5) is 11.5 Å². The molecule has 0 bridgehead atoms. The quantitative estimate of drug-likeness (QED) is 0.569. The molecule has 0 radical (unpaired) electrons. The first-order valence-electron chi connectivity index (χ1n) is 6.97. The van der Waals surface area contributed by atoms with Gasteiger partial charge < -0.3 is 20.7 Å². The highest BCUT2D eigenvalue weighted by Crippen LogP contribution is 2.13. The van der Waals surface area contributed by atoms with Crippen molar-refractivity contribution in [2.45, 2.75) is 26.8 Å². The fourth-order valence-corrected chi connectivity index (χ4v) is 1.75. The van der Waals surface area contributed by atoms with E-state index in [-0.39, 0.29) is 6.61 Å². The van der Waals surface area contributed by atoms with Gasteiger partial charge in [0.15, 0.2) is 6.04 Å². The zero-order valence-electron chi connectivity index (χ0n) is 12.6. The summed E-state index contributed by atoms with van der Waals surface area (Å²) < 4.78 is 4.70. The molecule has 1 aromatic rings. The number of nitrogens with two attached hydrogens (primary N) is 1. The minimum atomic E-state index is -1.34. The number of pyridine rings is 1. The molecular weight excluding hydrogens is 272 g/mol. The molecule has 7 nitrogen and oxygen atoms in total. The minimum Gasteiger partial charge on any atom is -0.464 e. The number of anilines is 2. The van der Waals surface area contributed by atoms with Gasteiger partial charge in [0.2, 0.25) is 0 Å². The van der Waals surface area contributed by atoms with Crippen LogP contribution in [0.25, 0.3) is 0 Å². The molecule has 3 N–H and O–H groups in total. The smallest absolute Gasteiger partial charge is 0.332 e. The first-order chi connectivity index (χ1) is 10.0. The predicted molar refractivity (Wildman–Crippen MR) is 81.0 cm³/mol. The molecule has 1 amide bonds. The van der Waals surface area contributed by atoms with Crippen LogP contribution in [0.15, 0.2) is 18.3 Å². The van der Waals surface area contributed by atoms with Gasteiger partial charge in [0, 0.05) is 13.1 Å². The lowest BCUT2D eigenvalue weighted by molar-refractivity contribution is -0.146. The first-order valence-corrected chi connectivity index (χ1v) is 6.97. The zero-order chi connectivity index (χ0) is 15.8. The standard InChI is InChI=1S/C14H22N4O3/c1-4-18(5-2)11-8-7-10(9-16-11)17-13(19)12(15)14(20)21-6-3/h7-9,12H,4-6,15H2,1-3H3,(H,17,19). The summed E-state index contributed by atoms with van der Waals surface area (Å²) in [6.07, 6.45) is 1.53. The Balaban J connectivity index is 2.67. The topological polar surface area (TPSA) is 97.5 Å². The number of esters is 1. The van der Waals surface area contributed by atoms with Gasteiger partial charge in [-0.2, -0.15) is 0 Å². The van der Waals surface area contributed by atoms with E-state index in [9.17, 15) is 9.59 Å². The van der Waals surface area contributed by atoms with Gasteiger partial charge in [-0.1, -0.05) is 0 Å². The number of aromatic nitrogens is 1. The van der Waals surface area contributed by atoms with Crippen molar-refractivity contribution in [1.29, 1.82) is 0 Å². The minimum absolute atomic E-state index is 0.180. The third-order valence-corrected chi connectivity index (χ3v) is 2.93. The van der Waals surface area contributed by atoms with Gasteiger partial charge in [0.05, 0.1) is 18.5 Å². The summed E-state index contributed by atoms with van der Waals surface area (Å²) in [5, 5.41) is 2.54. The Hall–Kier alpha value is -2.15. The summed E-state index contributed by atoms with van der Waals surface area (Å²) in [7, 11) is 0. The second-order valence-electron chi connectivity index (χ2n) is 4.30. The van der Waals surface area contributed by atoms with E-state index in [0.29, 0.717) is 5.69 Å². The van der Waals surface area contributed by atoms with E-state index < -0.39 is 17.9 Å². The van der Waals surface area contributed by atoms with Crippen LogP contribution >= 0.6 is 0 Å². The molecule has 0 saturated heterocycles. The van der Waals surface area contributed by atoms with Crippen LogP contribution in [0.2, 0.25) is 0 Å². The molecule has 0 spiro atoms. The number of hydrogen-bond donors (Lipinski definition) is 2. The van der Waals surface area contributed by atoms with Crippen molar-refractivity contribution in [1.82, 2.24) is 4.98 Å². The highest BCUT2D eigenvalue weighted by molar-refractivity contribution is 6.08. The van der Waals surface area contributed by atoms with Crippen molar-refractivity contribution < 1.29 is 14.3 Å². The fourth-order valence-electron chi connectivity index (χ4n) is 1.75. The fraction of sp³-hybridized carbons (Fsp3) is 0.500. The van der Waals surface area contributed by atoms with Crippen LogP contribution in [0.3, 0.4) is 0 Å². The maximum atomic E-state index is 11.8. The van der Waals surface area contributed by atoms with E-state index in [4.69, 9.17) is 10.5 Å². The number of carbonyl (C=O) groups excluding carboxylic acids is 2. The number of ether oxygens (including phenoxy) is 1. The van der Waals surface area contributed by atoms with Gasteiger partial charge in [0.1, 0.15) is 5.82 Å². The summed E-state index contributed by atoms with van der Waals surface area (Å²) in [6.45, 7) is 7.61. The van der Waals surface area contributed by atoms with Gasteiger partial charge in [0.25, 0.3) is 5.91 Å². The molecule has 0 aliphatic heterocycles. The van der Waals surface area contributed by atoms with E-state index >= 15 is 0 Å². The molecule has 1 heterocycles. The Morgan fingerprint density at radius 3 is 2.48 bits per heavy atom. The van der Waals surface area contributed by atoms with E-state index in [2.05, 4.69) is 15.2 Å². The highest BCUT2D eigenvalue weighted by Gasteiger charge is 2.23. The van der Waals surface area contributed by atoms with E-state index in [0.717, 1.165) is 18.9 Å². The summed E-state index contributed by atoms with van der Waals surface area (Å²) in [4.78, 5) is 29.5. The Labute approximate surface area is 124 Å². The molecule has 1 rings (SSSR count). The van der Waals surface area contributed by atoms with E-state index in [1.807, 2.05) is 13.8 Å². The molecule has 1 aromatic heterocycles. The average molecular weight is 294 g/mol. The van der Waals surface area contributed by atoms with Crippen molar-refractivity contribution in [3.8, 4) is 0 Å². The highest BCUT2D eigenvalue weighted by atomic mass is 16.5. The van der Waals surface area contributed by atoms with Gasteiger partial charge >= 0.3 is 5.97 Å². The normalized spacial score (nSPS) is 11.6. The Morgan fingerprint density at radius 2 is 2.00 bits per heavy atom. The second-order valence-corrected chi connectivity index (χ2v) is 4.30.